The molecule has 0 fully saturated rings. The largest absolute Gasteiger partial charge is 0.494 e. The van der Waals surface area contributed by atoms with Crippen LogP contribution in [0, 0.1) is 12.7 Å². The highest BCUT2D eigenvalue weighted by molar-refractivity contribution is 6.31. The van der Waals surface area contributed by atoms with Crippen LogP contribution in [0.15, 0.2) is 36.4 Å². The third-order valence-electron chi connectivity index (χ3n) is 3.19. The van der Waals surface area contributed by atoms with Crippen molar-refractivity contribution in [3.63, 3.8) is 0 Å². The Morgan fingerprint density at radius 3 is 2.47 bits per heavy atom. The summed E-state index contributed by atoms with van der Waals surface area (Å²) in [5.74, 6) is -0.246. The minimum atomic E-state index is -0.575. The Morgan fingerprint density at radius 2 is 1.79 bits per heavy atom. The van der Waals surface area contributed by atoms with Crippen molar-refractivity contribution in [1.29, 1.82) is 0 Å². The highest BCUT2D eigenvalue weighted by Gasteiger charge is 2.18. The van der Waals surface area contributed by atoms with E-state index in [0.29, 0.717) is 10.6 Å². The summed E-state index contributed by atoms with van der Waals surface area (Å²) in [5.41, 5.74) is 8.21. The first-order valence-corrected chi connectivity index (χ1v) is 6.27. The summed E-state index contributed by atoms with van der Waals surface area (Å²) >= 11 is 6.07. The quantitative estimate of drug-likeness (QED) is 0.926. The van der Waals surface area contributed by atoms with Crippen LogP contribution in [0.5, 0.6) is 5.75 Å². The van der Waals surface area contributed by atoms with Crippen LogP contribution in [0.1, 0.15) is 22.7 Å². The van der Waals surface area contributed by atoms with Crippen molar-refractivity contribution in [3.05, 3.63) is 63.9 Å². The smallest absolute Gasteiger partial charge is 0.170 e. The Kier molecular flexibility index (Phi) is 4.08. The highest BCUT2D eigenvalue weighted by Crippen LogP contribution is 2.31. The zero-order valence-corrected chi connectivity index (χ0v) is 11.5. The van der Waals surface area contributed by atoms with Gasteiger partial charge in [0.05, 0.1) is 13.2 Å². The standard InChI is InChI=1S/C15H15ClFNO/c1-9-10(5-3-7-12(9)16)15(18)11-6-4-8-13(19-2)14(11)17/h3-8,15H,18H2,1-2H3. The minimum Gasteiger partial charge on any atom is -0.494 e. The first-order chi connectivity index (χ1) is 9.06. The molecule has 2 aromatic rings. The summed E-state index contributed by atoms with van der Waals surface area (Å²) < 4.78 is 19.2. The molecule has 0 saturated heterocycles. The maximum absolute atomic E-state index is 14.2. The Labute approximate surface area is 117 Å². The van der Waals surface area contributed by atoms with E-state index in [0.717, 1.165) is 11.1 Å². The monoisotopic (exact) mass is 279 g/mol. The fourth-order valence-corrected chi connectivity index (χ4v) is 2.24. The Hall–Kier alpha value is -1.58. The second-order valence-corrected chi connectivity index (χ2v) is 4.70. The highest BCUT2D eigenvalue weighted by atomic mass is 35.5. The Morgan fingerprint density at radius 1 is 1.16 bits per heavy atom. The second kappa shape index (κ2) is 5.59. The number of methoxy groups -OCH3 is 1. The predicted molar refractivity (Wildman–Crippen MR) is 75.2 cm³/mol. The van der Waals surface area contributed by atoms with Gasteiger partial charge in [-0.2, -0.15) is 0 Å². The molecule has 1 atom stereocenters. The van der Waals surface area contributed by atoms with Gasteiger partial charge in [0.2, 0.25) is 0 Å². The van der Waals surface area contributed by atoms with Gasteiger partial charge >= 0.3 is 0 Å². The second-order valence-electron chi connectivity index (χ2n) is 4.30. The zero-order valence-electron chi connectivity index (χ0n) is 10.8. The fourth-order valence-electron chi connectivity index (χ4n) is 2.05. The van der Waals surface area contributed by atoms with Crippen LogP contribution in [0.25, 0.3) is 0 Å². The van der Waals surface area contributed by atoms with Crippen LogP contribution in [-0.4, -0.2) is 7.11 Å². The molecule has 1 unspecified atom stereocenters. The van der Waals surface area contributed by atoms with Gasteiger partial charge in [-0.1, -0.05) is 35.9 Å². The molecule has 2 rings (SSSR count). The average Bonchev–Trinajstić information content (AvgIpc) is 2.41. The van der Waals surface area contributed by atoms with Gasteiger partial charge in [-0.15, -0.1) is 0 Å². The van der Waals surface area contributed by atoms with Crippen LogP contribution >= 0.6 is 11.6 Å². The first kappa shape index (κ1) is 13.8. The first-order valence-electron chi connectivity index (χ1n) is 5.89. The van der Waals surface area contributed by atoms with E-state index in [9.17, 15) is 4.39 Å². The summed E-state index contributed by atoms with van der Waals surface area (Å²) in [7, 11) is 1.43. The molecule has 0 radical (unpaired) electrons. The lowest BCUT2D eigenvalue weighted by atomic mass is 9.95. The molecule has 2 nitrogen and oxygen atoms in total. The lowest BCUT2D eigenvalue weighted by Crippen LogP contribution is -2.15. The molecule has 0 amide bonds. The molecule has 0 spiro atoms. The molecular formula is C15H15ClFNO. The summed E-state index contributed by atoms with van der Waals surface area (Å²) in [5, 5.41) is 0.622. The van der Waals surface area contributed by atoms with Crippen molar-refractivity contribution in [1.82, 2.24) is 0 Å². The molecule has 0 aromatic heterocycles. The van der Waals surface area contributed by atoms with Gasteiger partial charge in [0, 0.05) is 10.6 Å². The topological polar surface area (TPSA) is 35.2 Å². The maximum Gasteiger partial charge on any atom is 0.170 e. The van der Waals surface area contributed by atoms with Crippen molar-refractivity contribution < 1.29 is 9.13 Å². The average molecular weight is 280 g/mol. The van der Waals surface area contributed by atoms with Gasteiger partial charge in [0.25, 0.3) is 0 Å². The van der Waals surface area contributed by atoms with Crippen LogP contribution < -0.4 is 10.5 Å². The van der Waals surface area contributed by atoms with Crippen molar-refractivity contribution in [2.75, 3.05) is 7.11 Å². The molecule has 2 N–H and O–H groups in total. The zero-order chi connectivity index (χ0) is 14.0. The molecule has 19 heavy (non-hydrogen) atoms. The van der Waals surface area contributed by atoms with Gasteiger partial charge in [0.15, 0.2) is 11.6 Å². The fraction of sp³-hybridized carbons (Fsp3) is 0.200. The molecule has 100 valence electrons. The number of ether oxygens (including phenoxy) is 1. The van der Waals surface area contributed by atoms with E-state index in [2.05, 4.69) is 0 Å². The molecule has 2 aromatic carbocycles. The molecule has 0 saturated carbocycles. The third-order valence-corrected chi connectivity index (χ3v) is 3.60. The molecule has 0 aliphatic rings. The number of halogens is 2. The van der Waals surface area contributed by atoms with Crippen LogP contribution in [0.2, 0.25) is 5.02 Å². The predicted octanol–water partition coefficient (Wildman–Crippen LogP) is 3.84. The van der Waals surface area contributed by atoms with E-state index in [1.807, 2.05) is 19.1 Å². The van der Waals surface area contributed by atoms with E-state index in [-0.39, 0.29) is 5.75 Å². The lowest BCUT2D eigenvalue weighted by molar-refractivity contribution is 0.383. The number of nitrogens with two attached hydrogens (primary N) is 1. The molecule has 0 heterocycles. The third kappa shape index (κ3) is 2.57. The Balaban J connectivity index is 2.50. The SMILES string of the molecule is COc1cccc(C(N)c2cccc(Cl)c2C)c1F. The minimum absolute atomic E-state index is 0.188. The Bertz CT molecular complexity index is 601. The molecule has 0 aliphatic carbocycles. The van der Waals surface area contributed by atoms with Crippen molar-refractivity contribution in [3.8, 4) is 5.75 Å². The number of rotatable bonds is 3. The van der Waals surface area contributed by atoms with Crippen LogP contribution in [0.4, 0.5) is 4.39 Å². The number of benzene rings is 2. The molecular weight excluding hydrogens is 265 g/mol. The van der Waals surface area contributed by atoms with E-state index >= 15 is 0 Å². The maximum atomic E-state index is 14.2. The number of hydrogen-bond acceptors (Lipinski definition) is 2. The van der Waals surface area contributed by atoms with Crippen LogP contribution in [0.3, 0.4) is 0 Å². The van der Waals surface area contributed by atoms with Crippen molar-refractivity contribution >= 4 is 11.6 Å². The normalized spacial score (nSPS) is 12.3. The van der Waals surface area contributed by atoms with Gasteiger partial charge in [0.1, 0.15) is 0 Å². The van der Waals surface area contributed by atoms with Gasteiger partial charge in [-0.25, -0.2) is 4.39 Å². The van der Waals surface area contributed by atoms with Crippen molar-refractivity contribution in [2.45, 2.75) is 13.0 Å². The molecule has 0 bridgehead atoms. The number of hydrogen-bond donors (Lipinski definition) is 1. The lowest BCUT2D eigenvalue weighted by Gasteiger charge is -2.17. The molecule has 4 heteroatoms. The summed E-state index contributed by atoms with van der Waals surface area (Å²) in [6, 6.07) is 9.81. The van der Waals surface area contributed by atoms with Gasteiger partial charge in [-0.05, 0) is 30.2 Å². The van der Waals surface area contributed by atoms with Crippen molar-refractivity contribution in [2.24, 2.45) is 5.73 Å². The van der Waals surface area contributed by atoms with Gasteiger partial charge in [-0.3, -0.25) is 0 Å². The van der Waals surface area contributed by atoms with E-state index in [4.69, 9.17) is 22.1 Å². The molecule has 0 aliphatic heterocycles. The van der Waals surface area contributed by atoms with Crippen LogP contribution in [-0.2, 0) is 0 Å². The summed E-state index contributed by atoms with van der Waals surface area (Å²) in [6.07, 6.45) is 0. The van der Waals surface area contributed by atoms with E-state index in [1.165, 1.54) is 7.11 Å². The summed E-state index contributed by atoms with van der Waals surface area (Å²) in [4.78, 5) is 0. The van der Waals surface area contributed by atoms with Gasteiger partial charge < -0.3 is 10.5 Å². The van der Waals surface area contributed by atoms with E-state index < -0.39 is 11.9 Å². The summed E-state index contributed by atoms with van der Waals surface area (Å²) in [6.45, 7) is 1.87. The van der Waals surface area contributed by atoms with E-state index in [1.54, 1.807) is 24.3 Å².